The third-order valence-electron chi connectivity index (χ3n) is 6.23. The Morgan fingerprint density at radius 2 is 1.61 bits per heavy atom. The van der Waals surface area contributed by atoms with Gasteiger partial charge in [0.1, 0.15) is 11.8 Å². The van der Waals surface area contributed by atoms with Crippen molar-refractivity contribution in [2.45, 2.75) is 17.1 Å². The number of piperazine rings is 1. The number of sulfonamides is 1. The summed E-state index contributed by atoms with van der Waals surface area (Å²) in [5.74, 6) is 0.0878. The Morgan fingerprint density at radius 3 is 2.21 bits per heavy atom. The van der Waals surface area contributed by atoms with Crippen LogP contribution in [0.4, 0.5) is 18.9 Å². The molecule has 0 aliphatic carbocycles. The molecule has 0 radical (unpaired) electrons. The van der Waals surface area contributed by atoms with Gasteiger partial charge in [0.15, 0.2) is 0 Å². The quantitative estimate of drug-likeness (QED) is 0.432. The lowest BCUT2D eigenvalue weighted by Crippen LogP contribution is -2.51. The molecule has 1 heterocycles. The molecule has 4 rings (SSSR count). The van der Waals surface area contributed by atoms with Crippen molar-refractivity contribution in [3.8, 4) is 5.75 Å². The number of nitrogens with zero attached hydrogens (tertiary/aromatic N) is 2. The number of halogens is 4. The number of rotatable bonds is 7. The molecule has 1 amide bonds. The fraction of sp³-hybridized carbons (Fsp3) is 0.269. The van der Waals surface area contributed by atoms with Crippen molar-refractivity contribution in [3.05, 3.63) is 88.9 Å². The molecule has 1 aliphatic rings. The van der Waals surface area contributed by atoms with E-state index in [-0.39, 0.29) is 32.1 Å². The molecule has 38 heavy (non-hydrogen) atoms. The Bertz CT molecular complexity index is 1400. The van der Waals surface area contributed by atoms with Crippen molar-refractivity contribution >= 4 is 33.2 Å². The molecule has 1 saturated heterocycles. The average molecular weight is 568 g/mol. The summed E-state index contributed by atoms with van der Waals surface area (Å²) in [6.07, 6.45) is -4.81. The van der Waals surface area contributed by atoms with Crippen molar-refractivity contribution in [1.82, 2.24) is 9.21 Å². The van der Waals surface area contributed by atoms with Crippen LogP contribution in [-0.4, -0.2) is 56.8 Å². The van der Waals surface area contributed by atoms with Gasteiger partial charge in [-0.1, -0.05) is 54.1 Å². The fourth-order valence-electron chi connectivity index (χ4n) is 4.39. The lowest BCUT2D eigenvalue weighted by atomic mass is 10.0. The molecule has 3 aromatic carbocycles. The van der Waals surface area contributed by atoms with Gasteiger partial charge in [0, 0.05) is 31.9 Å². The summed E-state index contributed by atoms with van der Waals surface area (Å²) in [7, 11) is -2.93. The summed E-state index contributed by atoms with van der Waals surface area (Å²) in [6, 6.07) is 17.1. The van der Waals surface area contributed by atoms with Gasteiger partial charge in [-0.05, 0) is 35.9 Å². The molecule has 202 valence electrons. The Balaban J connectivity index is 1.55. The highest BCUT2D eigenvalue weighted by molar-refractivity contribution is 7.89. The van der Waals surface area contributed by atoms with Crippen LogP contribution in [0.2, 0.25) is 5.02 Å². The Kier molecular flexibility index (Phi) is 8.31. The minimum Gasteiger partial charge on any atom is -0.495 e. The fourth-order valence-corrected chi connectivity index (χ4v) is 6.28. The van der Waals surface area contributed by atoms with Crippen LogP contribution in [0, 0.1) is 0 Å². The van der Waals surface area contributed by atoms with Crippen LogP contribution in [0.25, 0.3) is 0 Å². The second kappa shape index (κ2) is 11.3. The molecule has 1 N–H and O–H groups in total. The van der Waals surface area contributed by atoms with Crippen LogP contribution in [-0.2, 0) is 21.0 Å². The van der Waals surface area contributed by atoms with E-state index in [0.29, 0.717) is 22.0 Å². The SMILES string of the molecule is COc1ccc(NC(=O)[C@H](c2ccccc2)N2CCN(S(=O)(=O)c3ccccc3C(F)(F)F)CC2)cc1Cl. The van der Waals surface area contributed by atoms with E-state index in [1.54, 1.807) is 47.4 Å². The summed E-state index contributed by atoms with van der Waals surface area (Å²) < 4.78 is 73.0. The maximum absolute atomic E-state index is 13.5. The smallest absolute Gasteiger partial charge is 0.417 e. The predicted molar refractivity (Wildman–Crippen MR) is 138 cm³/mol. The number of amides is 1. The van der Waals surface area contributed by atoms with Gasteiger partial charge in [-0.25, -0.2) is 8.42 Å². The highest BCUT2D eigenvalue weighted by Crippen LogP contribution is 2.36. The summed E-state index contributed by atoms with van der Waals surface area (Å²) in [5, 5.41) is 3.16. The normalized spacial score (nSPS) is 16.1. The zero-order valence-electron chi connectivity index (χ0n) is 20.3. The maximum Gasteiger partial charge on any atom is 0.417 e. The lowest BCUT2D eigenvalue weighted by molar-refractivity contribution is -0.140. The number of alkyl halides is 3. The van der Waals surface area contributed by atoms with E-state index in [1.165, 1.54) is 13.2 Å². The van der Waals surface area contributed by atoms with E-state index in [2.05, 4.69) is 5.32 Å². The molecule has 12 heteroatoms. The maximum atomic E-state index is 13.5. The van der Waals surface area contributed by atoms with E-state index in [1.807, 2.05) is 6.07 Å². The van der Waals surface area contributed by atoms with Gasteiger partial charge in [-0.3, -0.25) is 9.69 Å². The van der Waals surface area contributed by atoms with Crippen LogP contribution in [0.1, 0.15) is 17.2 Å². The summed E-state index contributed by atoms with van der Waals surface area (Å²) >= 11 is 6.19. The molecule has 0 spiro atoms. The Hall–Kier alpha value is -3.12. The number of carbonyl (C=O) groups is 1. The van der Waals surface area contributed by atoms with Crippen molar-refractivity contribution in [1.29, 1.82) is 0 Å². The zero-order valence-corrected chi connectivity index (χ0v) is 21.9. The second-order valence-electron chi connectivity index (χ2n) is 8.59. The highest BCUT2D eigenvalue weighted by atomic mass is 35.5. The molecule has 7 nitrogen and oxygen atoms in total. The summed E-state index contributed by atoms with van der Waals surface area (Å²) in [6.45, 7) is 0.0898. The number of anilines is 1. The number of nitrogens with one attached hydrogen (secondary N) is 1. The van der Waals surface area contributed by atoms with Crippen LogP contribution in [0.15, 0.2) is 77.7 Å². The van der Waals surface area contributed by atoms with Gasteiger partial charge in [0.25, 0.3) is 0 Å². The second-order valence-corrected chi connectivity index (χ2v) is 10.9. The van der Waals surface area contributed by atoms with Crippen LogP contribution in [0.5, 0.6) is 5.75 Å². The zero-order chi connectivity index (χ0) is 27.5. The van der Waals surface area contributed by atoms with Gasteiger partial charge in [-0.2, -0.15) is 17.5 Å². The first kappa shape index (κ1) is 27.9. The number of hydrogen-bond acceptors (Lipinski definition) is 5. The monoisotopic (exact) mass is 567 g/mol. The molecular weight excluding hydrogens is 543 g/mol. The first-order chi connectivity index (χ1) is 18.0. The third-order valence-corrected chi connectivity index (χ3v) is 8.48. The van der Waals surface area contributed by atoms with Crippen LogP contribution < -0.4 is 10.1 Å². The molecule has 1 fully saturated rings. The topological polar surface area (TPSA) is 79.0 Å². The van der Waals surface area contributed by atoms with Crippen molar-refractivity contribution in [3.63, 3.8) is 0 Å². The van der Waals surface area contributed by atoms with E-state index in [4.69, 9.17) is 16.3 Å². The molecular formula is C26H25ClF3N3O4S. The van der Waals surface area contributed by atoms with Crippen molar-refractivity contribution < 1.29 is 31.1 Å². The summed E-state index contributed by atoms with van der Waals surface area (Å²) in [5.41, 5.74) is -0.0721. The van der Waals surface area contributed by atoms with E-state index in [9.17, 15) is 26.4 Å². The number of ether oxygens (including phenoxy) is 1. The number of benzene rings is 3. The molecule has 3 aromatic rings. The number of hydrogen-bond donors (Lipinski definition) is 1. The van der Waals surface area contributed by atoms with Gasteiger partial charge >= 0.3 is 6.18 Å². The van der Waals surface area contributed by atoms with Gasteiger partial charge in [0.2, 0.25) is 15.9 Å². The van der Waals surface area contributed by atoms with E-state index in [0.717, 1.165) is 22.5 Å². The predicted octanol–water partition coefficient (Wildman–Crippen LogP) is 5.05. The minimum absolute atomic E-state index is 0.0838. The molecule has 0 bridgehead atoms. The van der Waals surface area contributed by atoms with Gasteiger partial charge in [-0.15, -0.1) is 0 Å². The number of carbonyl (C=O) groups excluding carboxylic acids is 1. The van der Waals surface area contributed by atoms with Gasteiger partial charge < -0.3 is 10.1 Å². The molecule has 1 aliphatic heterocycles. The van der Waals surface area contributed by atoms with Crippen LogP contribution >= 0.6 is 11.6 Å². The van der Waals surface area contributed by atoms with Crippen LogP contribution in [0.3, 0.4) is 0 Å². The van der Waals surface area contributed by atoms with Gasteiger partial charge in [0.05, 0.1) is 22.6 Å². The summed E-state index contributed by atoms with van der Waals surface area (Å²) in [4.78, 5) is 14.5. The first-order valence-electron chi connectivity index (χ1n) is 11.6. The first-order valence-corrected chi connectivity index (χ1v) is 13.4. The Morgan fingerprint density at radius 1 is 0.974 bits per heavy atom. The average Bonchev–Trinajstić information content (AvgIpc) is 2.89. The molecule has 0 aromatic heterocycles. The number of methoxy groups -OCH3 is 1. The van der Waals surface area contributed by atoms with E-state index < -0.39 is 32.7 Å². The Labute approximate surface area is 223 Å². The highest BCUT2D eigenvalue weighted by Gasteiger charge is 2.40. The standard InChI is InChI=1S/C26H25ClF3N3O4S/c1-37-22-12-11-19(17-21(22)27)31-25(34)24(18-7-3-2-4-8-18)32-13-15-33(16-14-32)38(35,36)23-10-6-5-9-20(23)26(28,29)30/h2-12,17,24H,13-16H2,1H3,(H,31,34)/t24-/m0/s1. The van der Waals surface area contributed by atoms with Crippen molar-refractivity contribution in [2.75, 3.05) is 38.6 Å². The lowest BCUT2D eigenvalue weighted by Gasteiger charge is -2.38. The molecule has 1 atom stereocenters. The van der Waals surface area contributed by atoms with E-state index >= 15 is 0 Å². The molecule has 0 unspecified atom stereocenters. The largest absolute Gasteiger partial charge is 0.495 e. The minimum atomic E-state index is -4.81. The third kappa shape index (κ3) is 5.96. The molecule has 0 saturated carbocycles. The van der Waals surface area contributed by atoms with Crippen molar-refractivity contribution in [2.24, 2.45) is 0 Å².